The Labute approximate surface area is 164 Å². The van der Waals surface area contributed by atoms with E-state index >= 15 is 0 Å². The summed E-state index contributed by atoms with van der Waals surface area (Å²) in [6.45, 7) is 6.56. The van der Waals surface area contributed by atoms with Gasteiger partial charge in [0.2, 0.25) is 0 Å². The lowest BCUT2D eigenvalue weighted by Gasteiger charge is -2.40. The van der Waals surface area contributed by atoms with Crippen LogP contribution in [-0.4, -0.2) is 74.2 Å². The molecule has 0 spiro atoms. The minimum atomic E-state index is -0.210. The van der Waals surface area contributed by atoms with Gasteiger partial charge in [-0.05, 0) is 44.9 Å². The van der Waals surface area contributed by atoms with Gasteiger partial charge in [0.05, 0.1) is 24.9 Å². The van der Waals surface area contributed by atoms with E-state index in [4.69, 9.17) is 9.47 Å². The SMILES string of the molecule is CN=C(NCC1(C)CCCCC1O)N1CCC(OCC2CCCCO2)CC1. The molecule has 6 heteroatoms. The number of aliphatic imine (C=N–C) groups is 1. The molecule has 27 heavy (non-hydrogen) atoms. The fraction of sp³-hybridized carbons (Fsp3) is 0.952. The molecule has 6 nitrogen and oxygen atoms in total. The van der Waals surface area contributed by atoms with Crippen LogP contribution in [0.2, 0.25) is 0 Å². The molecule has 156 valence electrons. The standard InChI is InChI=1S/C21H39N3O3/c1-21(11-5-3-8-19(21)25)16-23-20(22-2)24-12-9-17(10-13-24)27-15-18-7-4-6-14-26-18/h17-19,25H,3-16H2,1-2H3,(H,22,23). The van der Waals surface area contributed by atoms with Gasteiger partial charge in [0.25, 0.3) is 0 Å². The third-order valence-electron chi connectivity index (χ3n) is 6.68. The van der Waals surface area contributed by atoms with Crippen LogP contribution in [0.15, 0.2) is 4.99 Å². The van der Waals surface area contributed by atoms with Gasteiger partial charge < -0.3 is 24.8 Å². The van der Waals surface area contributed by atoms with Gasteiger partial charge in [-0.25, -0.2) is 0 Å². The van der Waals surface area contributed by atoms with Crippen molar-refractivity contribution < 1.29 is 14.6 Å². The van der Waals surface area contributed by atoms with Crippen molar-refractivity contribution in [1.29, 1.82) is 0 Å². The summed E-state index contributed by atoms with van der Waals surface area (Å²) in [6, 6.07) is 0. The molecule has 3 aliphatic rings. The fourth-order valence-corrected chi connectivity index (χ4v) is 4.62. The van der Waals surface area contributed by atoms with Crippen molar-refractivity contribution in [3.05, 3.63) is 0 Å². The maximum absolute atomic E-state index is 10.4. The van der Waals surface area contributed by atoms with Crippen molar-refractivity contribution in [1.82, 2.24) is 10.2 Å². The first-order valence-corrected chi connectivity index (χ1v) is 11.0. The van der Waals surface area contributed by atoms with Crippen molar-refractivity contribution in [3.63, 3.8) is 0 Å². The summed E-state index contributed by atoms with van der Waals surface area (Å²) in [5.74, 6) is 0.961. The minimum Gasteiger partial charge on any atom is -0.392 e. The number of ether oxygens (including phenoxy) is 2. The van der Waals surface area contributed by atoms with Gasteiger partial charge in [-0.1, -0.05) is 19.8 Å². The van der Waals surface area contributed by atoms with Crippen molar-refractivity contribution >= 4 is 5.96 Å². The molecule has 3 atom stereocenters. The molecule has 0 bridgehead atoms. The number of nitrogens with one attached hydrogen (secondary N) is 1. The number of rotatable bonds is 5. The van der Waals surface area contributed by atoms with E-state index in [1.807, 2.05) is 7.05 Å². The van der Waals surface area contributed by atoms with Crippen LogP contribution in [-0.2, 0) is 9.47 Å². The van der Waals surface area contributed by atoms with Gasteiger partial charge >= 0.3 is 0 Å². The largest absolute Gasteiger partial charge is 0.392 e. The van der Waals surface area contributed by atoms with Crippen LogP contribution in [0.1, 0.15) is 64.7 Å². The lowest BCUT2D eigenvalue weighted by Crippen LogP contribution is -2.51. The van der Waals surface area contributed by atoms with E-state index in [1.54, 1.807) is 0 Å². The predicted molar refractivity (Wildman–Crippen MR) is 108 cm³/mol. The normalized spacial score (nSPS) is 33.9. The highest BCUT2D eigenvalue weighted by molar-refractivity contribution is 5.80. The quantitative estimate of drug-likeness (QED) is 0.566. The van der Waals surface area contributed by atoms with Crippen molar-refractivity contribution in [3.8, 4) is 0 Å². The van der Waals surface area contributed by atoms with Crippen LogP contribution in [0.5, 0.6) is 0 Å². The molecule has 0 radical (unpaired) electrons. The summed E-state index contributed by atoms with van der Waals surface area (Å²) in [6.07, 6.45) is 10.4. The Balaban J connectivity index is 1.39. The van der Waals surface area contributed by atoms with Crippen molar-refractivity contribution in [2.45, 2.75) is 83.0 Å². The van der Waals surface area contributed by atoms with E-state index in [1.165, 1.54) is 19.3 Å². The number of hydrogen-bond acceptors (Lipinski definition) is 4. The molecule has 3 rings (SSSR count). The molecule has 2 aliphatic heterocycles. The minimum absolute atomic E-state index is 0.0460. The fourth-order valence-electron chi connectivity index (χ4n) is 4.62. The molecule has 0 amide bonds. The van der Waals surface area contributed by atoms with E-state index in [0.717, 1.165) is 77.3 Å². The lowest BCUT2D eigenvalue weighted by atomic mass is 9.73. The summed E-state index contributed by atoms with van der Waals surface area (Å²) in [4.78, 5) is 6.81. The molecule has 3 unspecified atom stereocenters. The Hall–Kier alpha value is -0.850. The molecule has 2 heterocycles. The monoisotopic (exact) mass is 381 g/mol. The highest BCUT2D eigenvalue weighted by Crippen LogP contribution is 2.35. The molecule has 0 aromatic rings. The van der Waals surface area contributed by atoms with Crippen molar-refractivity contribution in [2.24, 2.45) is 10.4 Å². The Morgan fingerprint density at radius 2 is 1.96 bits per heavy atom. The summed E-state index contributed by atoms with van der Waals surface area (Å²) in [5.41, 5.74) is -0.0460. The molecule has 2 N–H and O–H groups in total. The second kappa shape index (κ2) is 10.1. The number of guanidine groups is 1. The zero-order valence-electron chi connectivity index (χ0n) is 17.3. The van der Waals surface area contributed by atoms with E-state index in [9.17, 15) is 5.11 Å². The van der Waals surface area contributed by atoms with Gasteiger partial charge in [-0.15, -0.1) is 0 Å². The summed E-state index contributed by atoms with van der Waals surface area (Å²) in [7, 11) is 1.85. The second-order valence-corrected chi connectivity index (χ2v) is 8.82. The molecule has 0 aromatic carbocycles. The van der Waals surface area contributed by atoms with Crippen LogP contribution >= 0.6 is 0 Å². The topological polar surface area (TPSA) is 66.3 Å². The van der Waals surface area contributed by atoms with Crippen LogP contribution in [0.25, 0.3) is 0 Å². The highest BCUT2D eigenvalue weighted by atomic mass is 16.5. The van der Waals surface area contributed by atoms with E-state index in [-0.39, 0.29) is 11.5 Å². The average molecular weight is 382 g/mol. The number of piperidine rings is 1. The van der Waals surface area contributed by atoms with E-state index < -0.39 is 0 Å². The van der Waals surface area contributed by atoms with E-state index in [2.05, 4.69) is 22.1 Å². The van der Waals surface area contributed by atoms with Gasteiger partial charge in [0.15, 0.2) is 5.96 Å². The van der Waals surface area contributed by atoms with Crippen LogP contribution in [0.3, 0.4) is 0 Å². The Kier molecular flexibility index (Phi) is 7.79. The lowest BCUT2D eigenvalue weighted by molar-refractivity contribution is -0.0721. The Bertz CT molecular complexity index is 473. The summed E-state index contributed by atoms with van der Waals surface area (Å²) < 4.78 is 11.9. The van der Waals surface area contributed by atoms with Gasteiger partial charge in [0.1, 0.15) is 0 Å². The third kappa shape index (κ3) is 5.81. The van der Waals surface area contributed by atoms with Crippen LogP contribution in [0.4, 0.5) is 0 Å². The zero-order valence-corrected chi connectivity index (χ0v) is 17.3. The summed E-state index contributed by atoms with van der Waals surface area (Å²) in [5, 5.41) is 13.9. The van der Waals surface area contributed by atoms with Gasteiger partial charge in [0, 0.05) is 38.7 Å². The van der Waals surface area contributed by atoms with Crippen LogP contribution < -0.4 is 5.32 Å². The van der Waals surface area contributed by atoms with Crippen LogP contribution in [0, 0.1) is 5.41 Å². The molecular weight excluding hydrogens is 342 g/mol. The Morgan fingerprint density at radius 1 is 1.19 bits per heavy atom. The maximum atomic E-state index is 10.4. The molecule has 1 saturated carbocycles. The Morgan fingerprint density at radius 3 is 2.63 bits per heavy atom. The summed E-state index contributed by atoms with van der Waals surface area (Å²) >= 11 is 0. The zero-order chi connectivity index (χ0) is 19.1. The number of hydrogen-bond donors (Lipinski definition) is 2. The first-order chi connectivity index (χ1) is 13.1. The van der Waals surface area contributed by atoms with Gasteiger partial charge in [-0.3, -0.25) is 4.99 Å². The first kappa shape index (κ1) is 20.9. The number of likely N-dealkylation sites (tertiary alicyclic amines) is 1. The number of aliphatic hydroxyl groups excluding tert-OH is 1. The molecule has 1 aliphatic carbocycles. The predicted octanol–water partition coefficient (Wildman–Crippen LogP) is 2.55. The van der Waals surface area contributed by atoms with Gasteiger partial charge in [-0.2, -0.15) is 0 Å². The highest BCUT2D eigenvalue weighted by Gasteiger charge is 2.36. The molecule has 3 fully saturated rings. The van der Waals surface area contributed by atoms with E-state index in [0.29, 0.717) is 12.2 Å². The number of aliphatic hydroxyl groups is 1. The smallest absolute Gasteiger partial charge is 0.193 e. The number of nitrogens with zero attached hydrogens (tertiary/aromatic N) is 2. The average Bonchev–Trinajstić information content (AvgIpc) is 2.71. The first-order valence-electron chi connectivity index (χ1n) is 11.0. The second-order valence-electron chi connectivity index (χ2n) is 8.82. The maximum Gasteiger partial charge on any atom is 0.193 e. The molecular formula is C21H39N3O3. The molecule has 0 aromatic heterocycles. The third-order valence-corrected chi connectivity index (χ3v) is 6.68. The van der Waals surface area contributed by atoms with Crippen molar-refractivity contribution in [2.75, 3.05) is 39.9 Å². The molecule has 2 saturated heterocycles.